The van der Waals surface area contributed by atoms with Gasteiger partial charge in [0.25, 0.3) is 5.91 Å². The minimum Gasteiger partial charge on any atom is -0.379 e. The molecule has 4 nitrogen and oxygen atoms in total. The molecule has 2 aromatic rings. The smallest absolute Gasteiger partial charge is 0.254 e. The predicted octanol–water partition coefficient (Wildman–Crippen LogP) is 2.94. The molecule has 25 heavy (non-hydrogen) atoms. The summed E-state index contributed by atoms with van der Waals surface area (Å²) in [5, 5.41) is 3.00. The molecule has 5 heteroatoms. The number of aryl methyl sites for hydroxylation is 1. The zero-order chi connectivity index (χ0) is 17.6. The Morgan fingerprint density at radius 2 is 1.84 bits per heavy atom. The summed E-state index contributed by atoms with van der Waals surface area (Å²) in [5.41, 5.74) is 2.25. The lowest BCUT2D eigenvalue weighted by Gasteiger charge is -2.31. The van der Waals surface area contributed by atoms with Crippen LogP contribution in [0, 0.1) is 12.7 Å². The van der Waals surface area contributed by atoms with Crippen LogP contribution in [0.25, 0.3) is 0 Å². The van der Waals surface area contributed by atoms with E-state index in [1.807, 2.05) is 31.2 Å². The van der Waals surface area contributed by atoms with Crippen LogP contribution in [0.4, 0.5) is 4.39 Å². The molecule has 0 bridgehead atoms. The van der Waals surface area contributed by atoms with Gasteiger partial charge in [-0.3, -0.25) is 9.69 Å². The fraction of sp³-hybridized carbons (Fsp3) is 0.350. The van der Waals surface area contributed by atoms with Gasteiger partial charge in [-0.2, -0.15) is 0 Å². The first-order chi connectivity index (χ1) is 12.1. The number of nitrogens with zero attached hydrogens (tertiary/aromatic N) is 1. The fourth-order valence-electron chi connectivity index (χ4n) is 2.96. The van der Waals surface area contributed by atoms with Crippen LogP contribution in [0.2, 0.25) is 0 Å². The van der Waals surface area contributed by atoms with Gasteiger partial charge in [0, 0.05) is 19.6 Å². The highest BCUT2D eigenvalue weighted by Gasteiger charge is 2.21. The molecule has 0 saturated carbocycles. The maximum absolute atomic E-state index is 13.9. The van der Waals surface area contributed by atoms with Crippen molar-refractivity contribution in [3.05, 3.63) is 71.0 Å². The summed E-state index contributed by atoms with van der Waals surface area (Å²) in [6, 6.07) is 13.9. The molecule has 1 unspecified atom stereocenters. The SMILES string of the molecule is Cc1ccc(C(CN2CCOCC2)NC(=O)c2ccccc2F)cc1. The van der Waals surface area contributed by atoms with Crippen LogP contribution in [0.5, 0.6) is 0 Å². The van der Waals surface area contributed by atoms with Gasteiger partial charge in [0.05, 0.1) is 24.8 Å². The van der Waals surface area contributed by atoms with Gasteiger partial charge in [0.1, 0.15) is 5.82 Å². The van der Waals surface area contributed by atoms with E-state index >= 15 is 0 Å². The average molecular weight is 342 g/mol. The minimum atomic E-state index is -0.506. The van der Waals surface area contributed by atoms with Crippen molar-refractivity contribution in [2.24, 2.45) is 0 Å². The molecule has 1 aliphatic heterocycles. The first-order valence-corrected chi connectivity index (χ1v) is 8.55. The predicted molar refractivity (Wildman–Crippen MR) is 95.0 cm³/mol. The van der Waals surface area contributed by atoms with E-state index in [2.05, 4.69) is 10.2 Å². The Bertz CT molecular complexity index is 712. The molecule has 1 aliphatic rings. The Hall–Kier alpha value is -2.24. The Balaban J connectivity index is 1.78. The number of morpholine rings is 1. The highest BCUT2D eigenvalue weighted by molar-refractivity contribution is 5.94. The minimum absolute atomic E-state index is 0.0709. The highest BCUT2D eigenvalue weighted by Crippen LogP contribution is 2.18. The third kappa shape index (κ3) is 4.65. The number of carbonyl (C=O) groups is 1. The molecule has 0 radical (unpaired) electrons. The number of rotatable bonds is 5. The molecule has 1 heterocycles. The van der Waals surface area contributed by atoms with Crippen molar-refractivity contribution < 1.29 is 13.9 Å². The van der Waals surface area contributed by atoms with Gasteiger partial charge in [-0.1, -0.05) is 42.0 Å². The molecule has 1 amide bonds. The van der Waals surface area contributed by atoms with Crippen molar-refractivity contribution in [3.8, 4) is 0 Å². The van der Waals surface area contributed by atoms with E-state index in [1.165, 1.54) is 12.1 Å². The molecule has 1 atom stereocenters. The number of hydrogen-bond donors (Lipinski definition) is 1. The van der Waals surface area contributed by atoms with Crippen LogP contribution < -0.4 is 5.32 Å². The van der Waals surface area contributed by atoms with Crippen molar-refractivity contribution in [3.63, 3.8) is 0 Å². The van der Waals surface area contributed by atoms with E-state index in [9.17, 15) is 9.18 Å². The Labute approximate surface area is 147 Å². The van der Waals surface area contributed by atoms with Crippen molar-refractivity contribution in [2.75, 3.05) is 32.8 Å². The Kier molecular flexibility index (Phi) is 5.79. The number of nitrogens with one attached hydrogen (secondary N) is 1. The monoisotopic (exact) mass is 342 g/mol. The number of carbonyl (C=O) groups excluding carboxylic acids is 1. The molecule has 1 saturated heterocycles. The van der Waals surface area contributed by atoms with Gasteiger partial charge in [0.2, 0.25) is 0 Å². The summed E-state index contributed by atoms with van der Waals surface area (Å²) in [5.74, 6) is -0.897. The quantitative estimate of drug-likeness (QED) is 0.908. The maximum Gasteiger partial charge on any atom is 0.254 e. The number of hydrogen-bond acceptors (Lipinski definition) is 3. The second-order valence-corrected chi connectivity index (χ2v) is 6.33. The second-order valence-electron chi connectivity index (χ2n) is 6.33. The number of halogens is 1. The topological polar surface area (TPSA) is 41.6 Å². The van der Waals surface area contributed by atoms with Crippen LogP contribution in [0.15, 0.2) is 48.5 Å². The molecular weight excluding hydrogens is 319 g/mol. The van der Waals surface area contributed by atoms with Crippen molar-refractivity contribution in [1.29, 1.82) is 0 Å². The molecule has 0 spiro atoms. The van der Waals surface area contributed by atoms with Gasteiger partial charge in [-0.15, -0.1) is 0 Å². The van der Waals surface area contributed by atoms with E-state index < -0.39 is 11.7 Å². The molecule has 0 aromatic heterocycles. The van der Waals surface area contributed by atoms with Crippen LogP contribution in [0.3, 0.4) is 0 Å². The van der Waals surface area contributed by atoms with Crippen LogP contribution in [0.1, 0.15) is 27.5 Å². The summed E-state index contributed by atoms with van der Waals surface area (Å²) in [4.78, 5) is 14.8. The average Bonchev–Trinajstić information content (AvgIpc) is 2.63. The van der Waals surface area contributed by atoms with E-state index in [-0.39, 0.29) is 11.6 Å². The summed E-state index contributed by atoms with van der Waals surface area (Å²) in [6.07, 6.45) is 0. The lowest BCUT2D eigenvalue weighted by molar-refractivity contribution is 0.0332. The van der Waals surface area contributed by atoms with E-state index in [4.69, 9.17) is 4.74 Å². The molecule has 3 rings (SSSR count). The summed E-state index contributed by atoms with van der Waals surface area (Å²) >= 11 is 0. The lowest BCUT2D eigenvalue weighted by Crippen LogP contribution is -2.43. The summed E-state index contributed by atoms with van der Waals surface area (Å²) < 4.78 is 19.3. The number of ether oxygens (including phenoxy) is 1. The molecule has 2 aromatic carbocycles. The van der Waals surface area contributed by atoms with E-state index in [0.717, 1.165) is 24.2 Å². The molecule has 0 aliphatic carbocycles. The lowest BCUT2D eigenvalue weighted by atomic mass is 10.0. The molecule has 1 N–H and O–H groups in total. The maximum atomic E-state index is 13.9. The molecule has 132 valence electrons. The van der Waals surface area contributed by atoms with Crippen molar-refractivity contribution in [1.82, 2.24) is 10.2 Å². The number of amides is 1. The standard InChI is InChI=1S/C20H23FN2O2/c1-15-6-8-16(9-7-15)19(14-23-10-12-25-13-11-23)22-20(24)17-4-2-3-5-18(17)21/h2-9,19H,10-14H2,1H3,(H,22,24). The van der Waals surface area contributed by atoms with Gasteiger partial charge < -0.3 is 10.1 Å². The highest BCUT2D eigenvalue weighted by atomic mass is 19.1. The fourth-order valence-corrected chi connectivity index (χ4v) is 2.96. The van der Waals surface area contributed by atoms with Gasteiger partial charge >= 0.3 is 0 Å². The van der Waals surface area contributed by atoms with Crippen molar-refractivity contribution in [2.45, 2.75) is 13.0 Å². The van der Waals surface area contributed by atoms with E-state index in [0.29, 0.717) is 19.8 Å². The van der Waals surface area contributed by atoms with Gasteiger partial charge in [-0.05, 0) is 24.6 Å². The Morgan fingerprint density at radius 1 is 1.16 bits per heavy atom. The van der Waals surface area contributed by atoms with Gasteiger partial charge in [0.15, 0.2) is 0 Å². The third-order valence-electron chi connectivity index (χ3n) is 4.45. The zero-order valence-electron chi connectivity index (χ0n) is 14.4. The van der Waals surface area contributed by atoms with Gasteiger partial charge in [-0.25, -0.2) is 4.39 Å². The normalized spacial score (nSPS) is 16.4. The van der Waals surface area contributed by atoms with Crippen LogP contribution >= 0.6 is 0 Å². The second kappa shape index (κ2) is 8.23. The number of benzene rings is 2. The molecule has 1 fully saturated rings. The summed E-state index contributed by atoms with van der Waals surface area (Å²) in [7, 11) is 0. The Morgan fingerprint density at radius 3 is 2.52 bits per heavy atom. The van der Waals surface area contributed by atoms with E-state index in [1.54, 1.807) is 12.1 Å². The molecular formula is C20H23FN2O2. The van der Waals surface area contributed by atoms with Crippen LogP contribution in [-0.4, -0.2) is 43.7 Å². The zero-order valence-corrected chi connectivity index (χ0v) is 14.4. The largest absolute Gasteiger partial charge is 0.379 e. The van der Waals surface area contributed by atoms with Crippen molar-refractivity contribution >= 4 is 5.91 Å². The third-order valence-corrected chi connectivity index (χ3v) is 4.45. The first kappa shape index (κ1) is 17.6. The first-order valence-electron chi connectivity index (χ1n) is 8.55. The van der Waals surface area contributed by atoms with Crippen LogP contribution in [-0.2, 0) is 4.74 Å². The summed E-state index contributed by atoms with van der Waals surface area (Å²) in [6.45, 7) is 5.75.